The minimum atomic E-state index is -0.332. The van der Waals surface area contributed by atoms with Crippen LogP contribution in [-0.4, -0.2) is 12.0 Å². The molecule has 1 heterocycles. The highest BCUT2D eigenvalue weighted by molar-refractivity contribution is 7.11. The molecule has 1 aromatic heterocycles. The molecule has 1 aliphatic rings. The maximum atomic E-state index is 13.5. The summed E-state index contributed by atoms with van der Waals surface area (Å²) in [5, 5.41) is 4.09. The van der Waals surface area contributed by atoms with Crippen molar-refractivity contribution in [2.45, 2.75) is 31.9 Å². The smallest absolute Gasteiger partial charge is 0.165 e. The van der Waals surface area contributed by atoms with Gasteiger partial charge in [0.2, 0.25) is 0 Å². The van der Waals surface area contributed by atoms with E-state index in [0.717, 1.165) is 11.6 Å². The third-order valence-corrected chi connectivity index (χ3v) is 4.31. The Morgan fingerprint density at radius 1 is 1.40 bits per heavy atom. The minimum absolute atomic E-state index is 0.283. The van der Waals surface area contributed by atoms with E-state index in [1.54, 1.807) is 29.5 Å². The Labute approximate surface area is 121 Å². The van der Waals surface area contributed by atoms with Gasteiger partial charge in [0.15, 0.2) is 11.6 Å². The number of ether oxygens (including phenoxy) is 1. The predicted octanol–water partition coefficient (Wildman–Crippen LogP) is 3.46. The van der Waals surface area contributed by atoms with Gasteiger partial charge < -0.3 is 10.1 Å². The van der Waals surface area contributed by atoms with Crippen LogP contribution in [0.25, 0.3) is 0 Å². The molecule has 0 spiro atoms. The van der Waals surface area contributed by atoms with E-state index in [0.29, 0.717) is 12.5 Å². The lowest BCUT2D eigenvalue weighted by Crippen LogP contribution is -2.05. The van der Waals surface area contributed by atoms with Gasteiger partial charge in [0.1, 0.15) is 11.6 Å². The zero-order chi connectivity index (χ0) is 13.9. The van der Waals surface area contributed by atoms with Crippen LogP contribution in [0.1, 0.15) is 34.3 Å². The summed E-state index contributed by atoms with van der Waals surface area (Å²) in [6.07, 6.45) is 2.46. The van der Waals surface area contributed by atoms with Crippen LogP contribution in [0.3, 0.4) is 0 Å². The first-order chi connectivity index (χ1) is 9.78. The van der Waals surface area contributed by atoms with Crippen molar-refractivity contribution in [3.63, 3.8) is 0 Å². The molecular formula is C15H17FN2OS. The molecule has 1 saturated carbocycles. The van der Waals surface area contributed by atoms with E-state index in [1.807, 2.05) is 7.05 Å². The first kappa shape index (κ1) is 13.5. The summed E-state index contributed by atoms with van der Waals surface area (Å²) in [4.78, 5) is 5.95. The third-order valence-electron chi connectivity index (χ3n) is 3.26. The molecule has 0 saturated heterocycles. The molecule has 3 nitrogen and oxygen atoms in total. The maximum Gasteiger partial charge on any atom is 0.165 e. The van der Waals surface area contributed by atoms with Gasteiger partial charge in [0.05, 0.1) is 5.69 Å². The van der Waals surface area contributed by atoms with Crippen LogP contribution in [-0.2, 0) is 13.2 Å². The standard InChI is InChI=1S/C15H17FN2OS/c1-17-8-13-15(10-6-7-10)18-14(20-13)9-19-12-5-3-2-4-11(12)16/h2-5,10,17H,6-9H2,1H3. The second-order valence-electron chi connectivity index (χ2n) is 4.94. The van der Waals surface area contributed by atoms with Gasteiger partial charge in [-0.2, -0.15) is 0 Å². The zero-order valence-electron chi connectivity index (χ0n) is 11.4. The Bertz CT molecular complexity index is 595. The first-order valence-corrected chi connectivity index (χ1v) is 7.60. The molecule has 0 radical (unpaired) electrons. The van der Waals surface area contributed by atoms with E-state index in [1.165, 1.54) is 29.5 Å². The summed E-state index contributed by atoms with van der Waals surface area (Å²) < 4.78 is 19.0. The van der Waals surface area contributed by atoms with E-state index < -0.39 is 0 Å². The molecule has 0 amide bonds. The molecule has 106 valence electrons. The van der Waals surface area contributed by atoms with Crippen LogP contribution in [0.15, 0.2) is 24.3 Å². The van der Waals surface area contributed by atoms with Crippen LogP contribution in [0.4, 0.5) is 4.39 Å². The van der Waals surface area contributed by atoms with Crippen LogP contribution < -0.4 is 10.1 Å². The number of aromatic nitrogens is 1. The monoisotopic (exact) mass is 292 g/mol. The topological polar surface area (TPSA) is 34.1 Å². The molecular weight excluding hydrogens is 275 g/mol. The number of rotatable bonds is 6. The van der Waals surface area contributed by atoms with Crippen molar-refractivity contribution in [1.29, 1.82) is 0 Å². The number of benzene rings is 1. The summed E-state index contributed by atoms with van der Waals surface area (Å²) >= 11 is 1.66. The molecule has 1 aromatic carbocycles. The van der Waals surface area contributed by atoms with Gasteiger partial charge >= 0.3 is 0 Å². The average molecular weight is 292 g/mol. The largest absolute Gasteiger partial charge is 0.483 e. The van der Waals surface area contributed by atoms with Crippen LogP contribution in [0.2, 0.25) is 0 Å². The van der Waals surface area contributed by atoms with Crippen molar-refractivity contribution in [3.05, 3.63) is 45.7 Å². The number of nitrogens with one attached hydrogen (secondary N) is 1. The van der Waals surface area contributed by atoms with Crippen molar-refractivity contribution in [1.82, 2.24) is 10.3 Å². The van der Waals surface area contributed by atoms with Gasteiger partial charge in [-0.1, -0.05) is 12.1 Å². The van der Waals surface area contributed by atoms with Gasteiger partial charge in [-0.05, 0) is 32.0 Å². The molecule has 0 aliphatic heterocycles. The number of halogens is 1. The van der Waals surface area contributed by atoms with Crippen LogP contribution in [0.5, 0.6) is 5.75 Å². The first-order valence-electron chi connectivity index (χ1n) is 6.78. The van der Waals surface area contributed by atoms with E-state index >= 15 is 0 Å². The Hall–Kier alpha value is -1.46. The fourth-order valence-electron chi connectivity index (χ4n) is 2.14. The number of para-hydroxylation sites is 1. The minimum Gasteiger partial charge on any atom is -0.483 e. The second-order valence-corrected chi connectivity index (χ2v) is 6.11. The van der Waals surface area contributed by atoms with Crippen LogP contribution >= 0.6 is 11.3 Å². The number of nitrogens with zero attached hydrogens (tertiary/aromatic N) is 1. The second kappa shape index (κ2) is 5.89. The Kier molecular flexibility index (Phi) is 3.98. The SMILES string of the molecule is CNCc1sc(COc2ccccc2F)nc1C1CC1. The lowest BCUT2D eigenvalue weighted by atomic mass is 10.2. The number of hydrogen-bond donors (Lipinski definition) is 1. The van der Waals surface area contributed by atoms with E-state index in [9.17, 15) is 4.39 Å². The van der Waals surface area contributed by atoms with Crippen molar-refractivity contribution < 1.29 is 9.13 Å². The van der Waals surface area contributed by atoms with Gasteiger partial charge in [-0.3, -0.25) is 0 Å². The summed E-state index contributed by atoms with van der Waals surface area (Å²) in [7, 11) is 1.94. The van der Waals surface area contributed by atoms with E-state index in [2.05, 4.69) is 10.3 Å². The van der Waals surface area contributed by atoms with E-state index in [4.69, 9.17) is 4.74 Å². The van der Waals surface area contributed by atoms with Gasteiger partial charge in [-0.25, -0.2) is 9.37 Å². The fourth-order valence-corrected chi connectivity index (χ4v) is 3.22. The Morgan fingerprint density at radius 2 is 2.20 bits per heavy atom. The Morgan fingerprint density at radius 3 is 2.90 bits per heavy atom. The lowest BCUT2D eigenvalue weighted by Gasteiger charge is -2.04. The quantitative estimate of drug-likeness (QED) is 0.885. The van der Waals surface area contributed by atoms with Gasteiger partial charge in [-0.15, -0.1) is 11.3 Å². The highest BCUT2D eigenvalue weighted by Gasteiger charge is 2.29. The Balaban J connectivity index is 1.71. The van der Waals surface area contributed by atoms with E-state index in [-0.39, 0.29) is 11.6 Å². The molecule has 20 heavy (non-hydrogen) atoms. The van der Waals surface area contributed by atoms with Gasteiger partial charge in [0, 0.05) is 17.3 Å². The fraction of sp³-hybridized carbons (Fsp3) is 0.400. The molecule has 2 aromatic rings. The maximum absolute atomic E-state index is 13.5. The molecule has 0 bridgehead atoms. The predicted molar refractivity (Wildman–Crippen MR) is 77.6 cm³/mol. The lowest BCUT2D eigenvalue weighted by molar-refractivity contribution is 0.289. The molecule has 5 heteroatoms. The third kappa shape index (κ3) is 2.99. The van der Waals surface area contributed by atoms with Crippen molar-refractivity contribution in [2.24, 2.45) is 0 Å². The highest BCUT2D eigenvalue weighted by atomic mass is 32.1. The zero-order valence-corrected chi connectivity index (χ0v) is 12.2. The van der Waals surface area contributed by atoms with Crippen LogP contribution in [0, 0.1) is 5.82 Å². The average Bonchev–Trinajstić information content (AvgIpc) is 3.21. The van der Waals surface area contributed by atoms with Gasteiger partial charge in [0.25, 0.3) is 0 Å². The van der Waals surface area contributed by atoms with Crippen molar-refractivity contribution in [2.75, 3.05) is 7.05 Å². The number of thiazole rings is 1. The number of hydrogen-bond acceptors (Lipinski definition) is 4. The summed E-state index contributed by atoms with van der Waals surface area (Å²) in [6, 6.07) is 6.46. The molecule has 0 unspecified atom stereocenters. The normalized spacial score (nSPS) is 14.5. The molecule has 1 fully saturated rings. The van der Waals surface area contributed by atoms with Crippen molar-refractivity contribution in [3.8, 4) is 5.75 Å². The highest BCUT2D eigenvalue weighted by Crippen LogP contribution is 2.42. The molecule has 0 atom stereocenters. The van der Waals surface area contributed by atoms with Crippen molar-refractivity contribution >= 4 is 11.3 Å². The molecule has 1 N–H and O–H groups in total. The summed E-state index contributed by atoms with van der Waals surface area (Å²) in [5.74, 6) is 0.574. The molecule has 1 aliphatic carbocycles. The summed E-state index contributed by atoms with van der Waals surface area (Å²) in [5.41, 5.74) is 1.21. The summed E-state index contributed by atoms with van der Waals surface area (Å²) in [6.45, 7) is 1.16. The molecule has 3 rings (SSSR count).